The number of carboxylic acids is 2. The standard InChI is InChI=1S/C21H23N9O7S2/c1-21(2,19(35)36)37-26-11(14-25-20(22)39-27-14)15(31)24-12-16(32)30-13(18(33)34)9(8-38-17(12)30)7-28-5-3-10-23-4-6-29(10)28/h3,5,12,17H,4,6-8H2,1-2H3,(H5,22,24,25,27,31,33,34,35,36)/p+1/b26-11-/t12-,17-/m1/s1. The molecule has 1 fully saturated rings. The van der Waals surface area contributed by atoms with Crippen molar-refractivity contribution in [3.63, 3.8) is 0 Å². The van der Waals surface area contributed by atoms with Crippen molar-refractivity contribution in [1.29, 1.82) is 0 Å². The number of β-lactam (4-membered cyclic amide) rings is 1. The minimum Gasteiger partial charge on any atom is -0.478 e. The first kappa shape index (κ1) is 26.4. The molecule has 206 valence electrons. The quantitative estimate of drug-likeness (QED) is 0.101. The number of nitrogens with zero attached hydrogens (tertiary/aromatic N) is 6. The van der Waals surface area contributed by atoms with E-state index in [1.54, 1.807) is 0 Å². The summed E-state index contributed by atoms with van der Waals surface area (Å²) in [6.45, 7) is 4.27. The second kappa shape index (κ2) is 9.84. The monoisotopic (exact) mass is 578 g/mol. The number of aliphatic carboxylic acids is 2. The Morgan fingerprint density at radius 3 is 2.82 bits per heavy atom. The Morgan fingerprint density at radius 2 is 2.15 bits per heavy atom. The number of thioether (sulfide) groups is 1. The van der Waals surface area contributed by atoms with E-state index in [0.717, 1.165) is 30.4 Å². The lowest BCUT2D eigenvalue weighted by Crippen LogP contribution is -2.71. The maximum Gasteiger partial charge on any atom is 0.352 e. The van der Waals surface area contributed by atoms with E-state index in [0.29, 0.717) is 11.3 Å². The summed E-state index contributed by atoms with van der Waals surface area (Å²) in [5, 5.41) is 28.1. The molecule has 0 radical (unpaired) electrons. The SMILES string of the molecule is CC(C)(O/N=C(\C(=O)N[C@@H]1C(=O)N2C(C(=O)O)=C(C[n+]3ccc4n3CCN4)CS[C@H]12)c1nsc(N)n1)C(=O)O. The summed E-state index contributed by atoms with van der Waals surface area (Å²) in [6.07, 6.45) is 1.85. The van der Waals surface area contributed by atoms with Crippen molar-refractivity contribution in [2.45, 2.75) is 44.0 Å². The number of amides is 2. The zero-order chi connectivity index (χ0) is 28.1. The molecule has 0 spiro atoms. The molecule has 2 amide bonds. The minimum absolute atomic E-state index is 0.0303. The number of hydrogen-bond acceptors (Lipinski definition) is 12. The summed E-state index contributed by atoms with van der Waals surface area (Å²) in [6, 6.07) is 0.833. The van der Waals surface area contributed by atoms with Crippen molar-refractivity contribution in [2.75, 3.05) is 23.3 Å². The van der Waals surface area contributed by atoms with E-state index in [1.807, 2.05) is 21.6 Å². The molecule has 2 aromatic rings. The van der Waals surface area contributed by atoms with E-state index < -0.39 is 46.5 Å². The molecular weight excluding hydrogens is 554 g/mol. The van der Waals surface area contributed by atoms with Crippen molar-refractivity contribution < 1.29 is 38.9 Å². The highest BCUT2D eigenvalue weighted by molar-refractivity contribution is 8.00. The molecule has 0 bridgehead atoms. The van der Waals surface area contributed by atoms with Crippen LogP contribution in [-0.4, -0.2) is 87.9 Å². The second-order valence-corrected chi connectivity index (χ2v) is 11.2. The molecule has 0 saturated carbocycles. The van der Waals surface area contributed by atoms with Crippen LogP contribution in [0.4, 0.5) is 10.9 Å². The number of nitrogen functional groups attached to an aromatic ring is 1. The van der Waals surface area contributed by atoms with Crippen LogP contribution in [-0.2, 0) is 37.1 Å². The number of carbonyl (C=O) groups excluding carboxylic acids is 2. The summed E-state index contributed by atoms with van der Waals surface area (Å²) < 4.78 is 7.82. The van der Waals surface area contributed by atoms with Gasteiger partial charge in [-0.15, -0.1) is 21.1 Å². The molecule has 0 aliphatic carbocycles. The lowest BCUT2D eigenvalue weighted by molar-refractivity contribution is -0.766. The van der Waals surface area contributed by atoms with Gasteiger partial charge in [0.25, 0.3) is 11.8 Å². The fourth-order valence-corrected chi connectivity index (χ4v) is 5.98. The maximum atomic E-state index is 13.2. The summed E-state index contributed by atoms with van der Waals surface area (Å²) in [7, 11) is 0. The lowest BCUT2D eigenvalue weighted by atomic mass is 10.0. The predicted octanol–water partition coefficient (Wildman–Crippen LogP) is -1.34. The number of carboxylic acid groups (broad SMARTS) is 2. The van der Waals surface area contributed by atoms with Crippen molar-refractivity contribution in [3.05, 3.63) is 29.4 Å². The number of oxime groups is 1. The van der Waals surface area contributed by atoms with Crippen LogP contribution in [0.1, 0.15) is 19.7 Å². The number of nitrogens with two attached hydrogens (primary N) is 1. The zero-order valence-corrected chi connectivity index (χ0v) is 22.3. The van der Waals surface area contributed by atoms with Crippen molar-refractivity contribution >= 4 is 63.7 Å². The number of aromatic nitrogens is 4. The normalized spacial score (nSPS) is 20.6. The summed E-state index contributed by atoms with van der Waals surface area (Å²) in [4.78, 5) is 60.1. The highest BCUT2D eigenvalue weighted by Gasteiger charge is 2.55. The first-order valence-electron chi connectivity index (χ1n) is 11.6. The van der Waals surface area contributed by atoms with E-state index in [9.17, 15) is 29.4 Å². The molecule has 5 heterocycles. The van der Waals surface area contributed by atoms with Gasteiger partial charge in [0.1, 0.15) is 17.1 Å². The highest BCUT2D eigenvalue weighted by atomic mass is 32.2. The van der Waals surface area contributed by atoms with Gasteiger partial charge in [0.05, 0.1) is 12.6 Å². The average Bonchev–Trinajstić information content (AvgIpc) is 3.61. The molecule has 0 aromatic carbocycles. The molecule has 39 heavy (non-hydrogen) atoms. The Balaban J connectivity index is 1.36. The van der Waals surface area contributed by atoms with Gasteiger partial charge in [0, 0.05) is 29.4 Å². The molecule has 0 unspecified atom stereocenters. The molecule has 5 rings (SSSR count). The number of hydrogen-bond donors (Lipinski definition) is 5. The molecule has 3 aliphatic rings. The van der Waals surface area contributed by atoms with Crippen LogP contribution in [0.15, 0.2) is 28.7 Å². The minimum atomic E-state index is -1.78. The number of nitrogens with one attached hydrogen (secondary N) is 2. The summed E-state index contributed by atoms with van der Waals surface area (Å²) in [5.74, 6) is -3.05. The van der Waals surface area contributed by atoms with Gasteiger partial charge in [-0.05, 0) is 13.8 Å². The third kappa shape index (κ3) is 4.76. The third-order valence-electron chi connectivity index (χ3n) is 6.26. The van der Waals surface area contributed by atoms with Crippen LogP contribution < -0.4 is 21.0 Å². The fraction of sp³-hybridized carbons (Fsp3) is 0.429. The van der Waals surface area contributed by atoms with Gasteiger partial charge in [0.2, 0.25) is 17.1 Å². The summed E-state index contributed by atoms with van der Waals surface area (Å²) in [5.41, 5.74) is 3.81. The zero-order valence-electron chi connectivity index (χ0n) is 20.7. The van der Waals surface area contributed by atoms with Crippen molar-refractivity contribution in [1.82, 2.24) is 24.3 Å². The number of rotatable bonds is 9. The lowest BCUT2D eigenvalue weighted by Gasteiger charge is -2.49. The van der Waals surface area contributed by atoms with Gasteiger partial charge in [-0.25, -0.2) is 9.59 Å². The topological polar surface area (TPSA) is 218 Å². The molecule has 3 aliphatic heterocycles. The average molecular weight is 579 g/mol. The van der Waals surface area contributed by atoms with E-state index in [-0.39, 0.29) is 23.2 Å². The van der Waals surface area contributed by atoms with Crippen LogP contribution in [0.2, 0.25) is 0 Å². The smallest absolute Gasteiger partial charge is 0.352 e. The van der Waals surface area contributed by atoms with Gasteiger partial charge in [-0.2, -0.15) is 9.36 Å². The molecule has 2 aromatic heterocycles. The number of carbonyl (C=O) groups is 4. The Labute approximate surface area is 228 Å². The molecule has 16 nitrogen and oxygen atoms in total. The van der Waals surface area contributed by atoms with Crippen molar-refractivity contribution in [2.24, 2.45) is 5.16 Å². The maximum absolute atomic E-state index is 13.2. The second-order valence-electron chi connectivity index (χ2n) is 9.27. The van der Waals surface area contributed by atoms with Crippen LogP contribution in [0.25, 0.3) is 0 Å². The van der Waals surface area contributed by atoms with E-state index in [4.69, 9.17) is 10.6 Å². The summed E-state index contributed by atoms with van der Waals surface area (Å²) >= 11 is 2.10. The van der Waals surface area contributed by atoms with Crippen LogP contribution in [0.3, 0.4) is 0 Å². The van der Waals surface area contributed by atoms with Crippen molar-refractivity contribution in [3.8, 4) is 0 Å². The largest absolute Gasteiger partial charge is 0.478 e. The molecule has 1 saturated heterocycles. The van der Waals surface area contributed by atoms with E-state index in [1.165, 1.54) is 30.5 Å². The Bertz CT molecular complexity index is 1450. The molecule has 6 N–H and O–H groups in total. The first-order valence-corrected chi connectivity index (χ1v) is 13.4. The van der Waals surface area contributed by atoms with Gasteiger partial charge in [0.15, 0.2) is 23.7 Å². The predicted molar refractivity (Wildman–Crippen MR) is 136 cm³/mol. The Kier molecular flexibility index (Phi) is 6.67. The van der Waals surface area contributed by atoms with Gasteiger partial charge < -0.3 is 31.4 Å². The first-order chi connectivity index (χ1) is 18.5. The van der Waals surface area contributed by atoms with Gasteiger partial charge in [-0.3, -0.25) is 14.5 Å². The highest BCUT2D eigenvalue weighted by Crippen LogP contribution is 2.40. The Morgan fingerprint density at radius 1 is 1.38 bits per heavy atom. The third-order valence-corrected chi connectivity index (χ3v) is 8.14. The number of anilines is 2. The molecular formula is C21H24N9O7S2+. The number of fused-ring (bicyclic) bond motifs is 2. The van der Waals surface area contributed by atoms with Gasteiger partial charge in [-0.1, -0.05) is 5.16 Å². The fourth-order valence-electron chi connectivity index (χ4n) is 4.21. The van der Waals surface area contributed by atoms with E-state index >= 15 is 0 Å². The Hall–Kier alpha value is -4.19. The van der Waals surface area contributed by atoms with Crippen LogP contribution >= 0.6 is 23.3 Å². The van der Waals surface area contributed by atoms with Crippen LogP contribution in [0, 0.1) is 0 Å². The molecule has 2 atom stereocenters. The van der Waals surface area contributed by atoms with Gasteiger partial charge >= 0.3 is 11.9 Å². The van der Waals surface area contributed by atoms with E-state index in [2.05, 4.69) is 25.1 Å². The van der Waals surface area contributed by atoms with Crippen LogP contribution in [0.5, 0.6) is 0 Å². The molecule has 18 heteroatoms.